The van der Waals surface area contributed by atoms with Gasteiger partial charge in [0.1, 0.15) is 0 Å². The lowest BCUT2D eigenvalue weighted by Gasteiger charge is -2.25. The standard InChI is InChI=1S/C14H21N3O5S/c18-12-2-1-3-13(19)16(12)6-7-23(21,22)15-10-8-14(20)17(9-10)11-4-5-11/h10-11,15H,1-9H2. The van der Waals surface area contributed by atoms with Crippen molar-refractivity contribution in [2.24, 2.45) is 0 Å². The average Bonchev–Trinajstić information content (AvgIpc) is 3.22. The Bertz CT molecular complexity index is 612. The summed E-state index contributed by atoms with van der Waals surface area (Å²) in [4.78, 5) is 37.9. The molecule has 1 saturated carbocycles. The van der Waals surface area contributed by atoms with Gasteiger partial charge in [0.15, 0.2) is 0 Å². The van der Waals surface area contributed by atoms with E-state index in [0.717, 1.165) is 17.7 Å². The van der Waals surface area contributed by atoms with Crippen LogP contribution in [-0.4, -0.2) is 66.9 Å². The van der Waals surface area contributed by atoms with Gasteiger partial charge in [-0.25, -0.2) is 13.1 Å². The Morgan fingerprint density at radius 2 is 1.70 bits per heavy atom. The van der Waals surface area contributed by atoms with Crippen molar-refractivity contribution in [2.75, 3.05) is 18.8 Å². The van der Waals surface area contributed by atoms with Crippen molar-refractivity contribution in [1.29, 1.82) is 0 Å². The van der Waals surface area contributed by atoms with Crippen LogP contribution in [0.1, 0.15) is 38.5 Å². The van der Waals surface area contributed by atoms with Gasteiger partial charge in [-0.1, -0.05) is 0 Å². The monoisotopic (exact) mass is 343 g/mol. The van der Waals surface area contributed by atoms with Gasteiger partial charge in [-0.3, -0.25) is 19.3 Å². The quantitative estimate of drug-likeness (QED) is 0.637. The van der Waals surface area contributed by atoms with Crippen molar-refractivity contribution in [2.45, 2.75) is 50.6 Å². The van der Waals surface area contributed by atoms with Gasteiger partial charge in [0, 0.05) is 44.4 Å². The Hall–Kier alpha value is -1.48. The molecule has 0 aromatic rings. The third-order valence-electron chi connectivity index (χ3n) is 4.46. The van der Waals surface area contributed by atoms with Crippen LogP contribution in [-0.2, 0) is 24.4 Å². The number of carbonyl (C=O) groups is 3. The molecule has 2 heterocycles. The van der Waals surface area contributed by atoms with Gasteiger partial charge in [-0.15, -0.1) is 0 Å². The van der Waals surface area contributed by atoms with Gasteiger partial charge in [0.2, 0.25) is 27.7 Å². The molecule has 9 heteroatoms. The summed E-state index contributed by atoms with van der Waals surface area (Å²) < 4.78 is 26.8. The minimum absolute atomic E-state index is 0.0124. The van der Waals surface area contributed by atoms with E-state index in [0.29, 0.717) is 13.0 Å². The molecule has 1 N–H and O–H groups in total. The van der Waals surface area contributed by atoms with Gasteiger partial charge in [-0.2, -0.15) is 0 Å². The smallest absolute Gasteiger partial charge is 0.229 e. The van der Waals surface area contributed by atoms with Crippen LogP contribution in [0.2, 0.25) is 0 Å². The third kappa shape index (κ3) is 3.89. The van der Waals surface area contributed by atoms with Gasteiger partial charge in [0.25, 0.3) is 0 Å². The van der Waals surface area contributed by atoms with Crippen LogP contribution in [0.3, 0.4) is 0 Å². The van der Waals surface area contributed by atoms with E-state index in [-0.39, 0.29) is 55.3 Å². The highest BCUT2D eigenvalue weighted by atomic mass is 32.2. The van der Waals surface area contributed by atoms with E-state index in [1.807, 2.05) is 0 Å². The van der Waals surface area contributed by atoms with Gasteiger partial charge >= 0.3 is 0 Å². The van der Waals surface area contributed by atoms with Crippen molar-refractivity contribution < 1.29 is 22.8 Å². The van der Waals surface area contributed by atoms with E-state index >= 15 is 0 Å². The highest BCUT2D eigenvalue weighted by molar-refractivity contribution is 7.89. The Labute approximate surface area is 135 Å². The van der Waals surface area contributed by atoms with E-state index in [4.69, 9.17) is 0 Å². The molecule has 3 fully saturated rings. The van der Waals surface area contributed by atoms with E-state index in [2.05, 4.69) is 4.72 Å². The summed E-state index contributed by atoms with van der Waals surface area (Å²) in [5.41, 5.74) is 0. The summed E-state index contributed by atoms with van der Waals surface area (Å²) in [5, 5.41) is 0. The molecule has 3 rings (SSSR count). The number of hydrogen-bond donors (Lipinski definition) is 1. The second-order valence-corrected chi connectivity index (χ2v) is 8.28. The molecule has 1 aliphatic carbocycles. The predicted molar refractivity (Wildman–Crippen MR) is 80.6 cm³/mol. The summed E-state index contributed by atoms with van der Waals surface area (Å²) >= 11 is 0. The second kappa shape index (κ2) is 6.20. The fourth-order valence-corrected chi connectivity index (χ4v) is 4.33. The van der Waals surface area contributed by atoms with E-state index in [1.165, 1.54) is 0 Å². The second-order valence-electron chi connectivity index (χ2n) is 6.41. The van der Waals surface area contributed by atoms with Crippen LogP contribution >= 0.6 is 0 Å². The Morgan fingerprint density at radius 3 is 2.30 bits per heavy atom. The van der Waals surface area contributed by atoms with Gasteiger partial charge < -0.3 is 4.90 Å². The zero-order valence-electron chi connectivity index (χ0n) is 12.9. The summed E-state index contributed by atoms with van der Waals surface area (Å²) in [6.07, 6.45) is 3.26. The molecule has 0 bridgehead atoms. The molecule has 3 aliphatic rings. The zero-order valence-corrected chi connectivity index (χ0v) is 13.7. The number of hydrogen-bond acceptors (Lipinski definition) is 5. The zero-order chi connectivity index (χ0) is 16.6. The van der Waals surface area contributed by atoms with Crippen molar-refractivity contribution in [1.82, 2.24) is 14.5 Å². The van der Waals surface area contributed by atoms with Crippen molar-refractivity contribution in [3.05, 3.63) is 0 Å². The highest BCUT2D eigenvalue weighted by Crippen LogP contribution is 2.30. The lowest BCUT2D eigenvalue weighted by atomic mass is 10.1. The summed E-state index contributed by atoms with van der Waals surface area (Å²) in [7, 11) is -3.64. The predicted octanol–water partition coefficient (Wildman–Crippen LogP) is -0.792. The first-order valence-electron chi connectivity index (χ1n) is 7.98. The van der Waals surface area contributed by atoms with Gasteiger partial charge in [-0.05, 0) is 19.3 Å². The van der Waals surface area contributed by atoms with Crippen molar-refractivity contribution in [3.63, 3.8) is 0 Å². The van der Waals surface area contributed by atoms with Crippen LogP contribution in [0.4, 0.5) is 0 Å². The number of likely N-dealkylation sites (tertiary alicyclic amines) is 2. The van der Waals surface area contributed by atoms with E-state index in [9.17, 15) is 22.8 Å². The average molecular weight is 343 g/mol. The minimum atomic E-state index is -3.64. The molecule has 2 aliphatic heterocycles. The molecular formula is C14H21N3O5S. The van der Waals surface area contributed by atoms with Crippen molar-refractivity contribution in [3.8, 4) is 0 Å². The summed E-state index contributed by atoms with van der Waals surface area (Å²) in [5.74, 6) is -0.958. The Kier molecular flexibility index (Phi) is 4.41. The van der Waals surface area contributed by atoms with Crippen LogP contribution in [0.5, 0.6) is 0 Å². The Morgan fingerprint density at radius 1 is 1.04 bits per heavy atom. The van der Waals surface area contributed by atoms with E-state index in [1.54, 1.807) is 4.90 Å². The SMILES string of the molecule is O=C1CCCC(=O)N1CCS(=O)(=O)NC1CC(=O)N(C2CC2)C1. The molecule has 128 valence electrons. The number of sulfonamides is 1. The van der Waals surface area contributed by atoms with Crippen LogP contribution in [0.15, 0.2) is 0 Å². The van der Waals surface area contributed by atoms with Gasteiger partial charge in [0.05, 0.1) is 5.75 Å². The molecule has 1 unspecified atom stereocenters. The minimum Gasteiger partial charge on any atom is -0.338 e. The maximum Gasteiger partial charge on any atom is 0.229 e. The lowest BCUT2D eigenvalue weighted by Crippen LogP contribution is -2.45. The normalized spacial score (nSPS) is 26.3. The fraction of sp³-hybridized carbons (Fsp3) is 0.786. The number of amides is 3. The number of carbonyl (C=O) groups excluding carboxylic acids is 3. The third-order valence-corrected chi connectivity index (χ3v) is 5.87. The number of rotatable bonds is 6. The molecule has 2 saturated heterocycles. The summed E-state index contributed by atoms with van der Waals surface area (Å²) in [6, 6.07) is -0.138. The molecule has 8 nitrogen and oxygen atoms in total. The molecule has 3 amide bonds. The Balaban J connectivity index is 1.52. The first-order chi connectivity index (χ1) is 10.9. The lowest BCUT2D eigenvalue weighted by molar-refractivity contribution is -0.147. The maximum absolute atomic E-state index is 12.2. The summed E-state index contributed by atoms with van der Waals surface area (Å²) in [6.45, 7) is 0.282. The number of nitrogens with zero attached hydrogens (tertiary/aromatic N) is 2. The molecule has 1 atom stereocenters. The molecule has 0 aromatic heterocycles. The molecule has 0 aromatic carbocycles. The first kappa shape index (κ1) is 16.4. The van der Waals surface area contributed by atoms with E-state index < -0.39 is 16.1 Å². The molecule has 0 radical (unpaired) electrons. The molecule has 23 heavy (non-hydrogen) atoms. The number of nitrogens with one attached hydrogen (secondary N) is 1. The number of piperidine rings is 1. The number of imide groups is 1. The fourth-order valence-electron chi connectivity index (χ4n) is 3.12. The molecular weight excluding hydrogens is 322 g/mol. The maximum atomic E-state index is 12.2. The van der Waals surface area contributed by atoms with Crippen LogP contribution in [0, 0.1) is 0 Å². The largest absolute Gasteiger partial charge is 0.338 e. The topological polar surface area (TPSA) is 104 Å². The molecule has 0 spiro atoms. The van der Waals surface area contributed by atoms with Crippen molar-refractivity contribution >= 4 is 27.7 Å². The van der Waals surface area contributed by atoms with Crippen LogP contribution in [0.25, 0.3) is 0 Å². The first-order valence-corrected chi connectivity index (χ1v) is 9.63. The van der Waals surface area contributed by atoms with Crippen LogP contribution < -0.4 is 4.72 Å². The highest BCUT2D eigenvalue weighted by Gasteiger charge is 2.40.